The van der Waals surface area contributed by atoms with E-state index in [2.05, 4.69) is 4.98 Å². The number of benzene rings is 1. The van der Waals surface area contributed by atoms with E-state index in [0.717, 1.165) is 0 Å². The van der Waals surface area contributed by atoms with Gasteiger partial charge in [-0.15, -0.1) is 0 Å². The number of amides is 1. The van der Waals surface area contributed by atoms with Gasteiger partial charge in [0, 0.05) is 30.4 Å². The van der Waals surface area contributed by atoms with E-state index < -0.39 is 17.7 Å². The summed E-state index contributed by atoms with van der Waals surface area (Å²) in [4.78, 5) is 30.3. The van der Waals surface area contributed by atoms with Crippen LogP contribution in [0.15, 0.2) is 36.5 Å². The molecule has 7 heteroatoms. The van der Waals surface area contributed by atoms with Gasteiger partial charge in [-0.1, -0.05) is 6.08 Å². The minimum atomic E-state index is -1.08. The van der Waals surface area contributed by atoms with E-state index in [4.69, 9.17) is 4.74 Å². The van der Waals surface area contributed by atoms with Crippen LogP contribution < -0.4 is 0 Å². The second kappa shape index (κ2) is 7.66. The summed E-state index contributed by atoms with van der Waals surface area (Å²) in [5.74, 6) is -1.46. The second-order valence-electron chi connectivity index (χ2n) is 7.92. The number of halogens is 1. The summed E-state index contributed by atoms with van der Waals surface area (Å²) in [5, 5.41) is 9.83. The fourth-order valence-electron chi connectivity index (χ4n) is 3.24. The van der Waals surface area contributed by atoms with Crippen LogP contribution in [0.3, 0.4) is 0 Å². The van der Waals surface area contributed by atoms with Crippen molar-refractivity contribution in [1.82, 2.24) is 9.88 Å². The van der Waals surface area contributed by atoms with Crippen molar-refractivity contribution in [3.63, 3.8) is 0 Å². The van der Waals surface area contributed by atoms with Gasteiger partial charge in [-0.2, -0.15) is 0 Å². The van der Waals surface area contributed by atoms with Gasteiger partial charge in [0.2, 0.25) is 0 Å². The monoisotopic (exact) mass is 398 g/mol. The number of hydrogen-bond acceptors (Lipinski definition) is 4. The number of carboxylic acid groups (broad SMARTS) is 1. The van der Waals surface area contributed by atoms with Gasteiger partial charge in [0.05, 0.1) is 11.3 Å². The molecule has 29 heavy (non-hydrogen) atoms. The Bertz CT molecular complexity index is 991. The largest absolute Gasteiger partial charge is 0.478 e. The molecule has 1 aliphatic heterocycles. The Kier molecular flexibility index (Phi) is 5.42. The summed E-state index contributed by atoms with van der Waals surface area (Å²) in [6, 6.07) is 5.75. The van der Waals surface area contributed by atoms with Crippen LogP contribution in [-0.2, 0) is 4.74 Å². The van der Waals surface area contributed by atoms with Crippen LogP contribution in [0, 0.1) is 12.7 Å². The van der Waals surface area contributed by atoms with Crippen molar-refractivity contribution in [3.05, 3.63) is 59.0 Å². The van der Waals surface area contributed by atoms with Crippen molar-refractivity contribution in [2.24, 2.45) is 0 Å². The summed E-state index contributed by atoms with van der Waals surface area (Å²) >= 11 is 0. The predicted octanol–water partition coefficient (Wildman–Crippen LogP) is 4.53. The van der Waals surface area contributed by atoms with Crippen LogP contribution in [0.2, 0.25) is 0 Å². The molecule has 2 aromatic rings. The van der Waals surface area contributed by atoms with Gasteiger partial charge in [-0.25, -0.2) is 14.0 Å². The lowest BCUT2D eigenvalue weighted by atomic mass is 9.95. The van der Waals surface area contributed by atoms with Gasteiger partial charge in [-0.05, 0) is 63.1 Å². The molecule has 0 saturated carbocycles. The average molecular weight is 398 g/mol. The van der Waals surface area contributed by atoms with Crippen LogP contribution >= 0.6 is 0 Å². The Morgan fingerprint density at radius 1 is 1.21 bits per heavy atom. The molecule has 1 aromatic carbocycles. The van der Waals surface area contributed by atoms with Gasteiger partial charge < -0.3 is 14.7 Å². The zero-order valence-corrected chi connectivity index (χ0v) is 16.8. The number of pyridine rings is 1. The van der Waals surface area contributed by atoms with Crippen molar-refractivity contribution in [3.8, 4) is 11.3 Å². The maximum Gasteiger partial charge on any atom is 0.410 e. The number of rotatable bonds is 3. The van der Waals surface area contributed by atoms with Gasteiger partial charge in [-0.3, -0.25) is 4.98 Å². The lowest BCUT2D eigenvalue weighted by Gasteiger charge is -2.24. The molecule has 1 N–H and O–H groups in total. The van der Waals surface area contributed by atoms with Crippen LogP contribution in [-0.4, -0.2) is 45.7 Å². The fourth-order valence-corrected chi connectivity index (χ4v) is 3.24. The summed E-state index contributed by atoms with van der Waals surface area (Å²) in [7, 11) is 0. The lowest BCUT2D eigenvalue weighted by molar-refractivity contribution is 0.0306. The molecule has 0 fully saturated rings. The molecule has 1 aliphatic rings. The molecule has 2 heterocycles. The molecule has 1 amide bonds. The van der Waals surface area contributed by atoms with E-state index in [1.165, 1.54) is 23.2 Å². The molecular formula is C22H23FN2O4. The minimum absolute atomic E-state index is 0.122. The highest BCUT2D eigenvalue weighted by Crippen LogP contribution is 2.31. The third kappa shape index (κ3) is 4.45. The Hall–Kier alpha value is -3.22. The first-order valence-corrected chi connectivity index (χ1v) is 9.23. The smallest absolute Gasteiger partial charge is 0.410 e. The quantitative estimate of drug-likeness (QED) is 0.822. The summed E-state index contributed by atoms with van der Waals surface area (Å²) in [5.41, 5.74) is 2.28. The van der Waals surface area contributed by atoms with Crippen molar-refractivity contribution < 1.29 is 23.8 Å². The Balaban J connectivity index is 1.93. The van der Waals surface area contributed by atoms with E-state index in [1.807, 2.05) is 6.08 Å². The van der Waals surface area contributed by atoms with Crippen molar-refractivity contribution in [1.29, 1.82) is 0 Å². The van der Waals surface area contributed by atoms with Crippen molar-refractivity contribution in [2.45, 2.75) is 33.3 Å². The predicted molar refractivity (Wildman–Crippen MR) is 107 cm³/mol. The van der Waals surface area contributed by atoms with Crippen LogP contribution in [0.25, 0.3) is 16.8 Å². The molecule has 0 radical (unpaired) electrons. The van der Waals surface area contributed by atoms with Gasteiger partial charge in [0.25, 0.3) is 0 Å². The van der Waals surface area contributed by atoms with Crippen LogP contribution in [0.4, 0.5) is 9.18 Å². The third-order valence-electron chi connectivity index (χ3n) is 4.57. The number of carboxylic acids is 1. The molecule has 0 saturated heterocycles. The van der Waals surface area contributed by atoms with E-state index in [-0.39, 0.29) is 17.9 Å². The lowest BCUT2D eigenvalue weighted by Crippen LogP contribution is -2.35. The zero-order chi connectivity index (χ0) is 21.3. The number of ether oxygens (including phenoxy) is 1. The Labute approximate surface area is 168 Å². The van der Waals surface area contributed by atoms with E-state index in [1.54, 1.807) is 39.8 Å². The summed E-state index contributed by atoms with van der Waals surface area (Å²) in [6.07, 6.45) is 2.86. The van der Waals surface area contributed by atoms with E-state index in [0.29, 0.717) is 34.5 Å². The second-order valence-corrected chi connectivity index (χ2v) is 7.92. The normalized spacial score (nSPS) is 14.0. The number of carbonyl (C=O) groups excluding carboxylic acids is 1. The molecule has 0 aliphatic carbocycles. The van der Waals surface area contributed by atoms with Crippen molar-refractivity contribution in [2.75, 3.05) is 13.1 Å². The number of hydrogen-bond donors (Lipinski definition) is 1. The van der Waals surface area contributed by atoms with Crippen LogP contribution in [0.5, 0.6) is 0 Å². The Morgan fingerprint density at radius 2 is 1.86 bits per heavy atom. The Morgan fingerprint density at radius 3 is 2.45 bits per heavy atom. The molecule has 0 unspecified atom stereocenters. The molecule has 3 rings (SSSR count). The highest BCUT2D eigenvalue weighted by Gasteiger charge is 2.28. The first kappa shape index (κ1) is 20.5. The molecule has 0 spiro atoms. The molecule has 0 atom stereocenters. The molecule has 0 bridgehead atoms. The van der Waals surface area contributed by atoms with Gasteiger partial charge in [0.1, 0.15) is 11.4 Å². The van der Waals surface area contributed by atoms with E-state index in [9.17, 15) is 19.1 Å². The third-order valence-corrected chi connectivity index (χ3v) is 4.57. The topological polar surface area (TPSA) is 79.7 Å². The number of aromatic nitrogens is 1. The van der Waals surface area contributed by atoms with Gasteiger partial charge >= 0.3 is 12.1 Å². The van der Waals surface area contributed by atoms with E-state index >= 15 is 0 Å². The highest BCUT2D eigenvalue weighted by atomic mass is 19.1. The minimum Gasteiger partial charge on any atom is -0.478 e. The molecule has 6 nitrogen and oxygen atoms in total. The first-order valence-electron chi connectivity index (χ1n) is 9.23. The molecule has 152 valence electrons. The maximum atomic E-state index is 13.2. The van der Waals surface area contributed by atoms with Gasteiger partial charge in [0.15, 0.2) is 0 Å². The average Bonchev–Trinajstić information content (AvgIpc) is 3.11. The highest BCUT2D eigenvalue weighted by molar-refractivity contribution is 5.98. The van der Waals surface area contributed by atoms with Crippen LogP contribution in [0.1, 0.15) is 42.3 Å². The number of nitrogens with zero attached hydrogens (tertiary/aromatic N) is 2. The molecular weight excluding hydrogens is 375 g/mol. The fraction of sp³-hybridized carbons (Fsp3) is 0.318. The number of carbonyl (C=O) groups is 2. The SMILES string of the molecule is Cc1c(-c2ccc(F)cc2)ncc(C2=CCN(C(=O)OC(C)(C)C)C2)c1C(=O)O. The summed E-state index contributed by atoms with van der Waals surface area (Å²) in [6.45, 7) is 7.63. The van der Waals surface area contributed by atoms with Crippen molar-refractivity contribution >= 4 is 17.6 Å². The molecule has 1 aromatic heterocycles. The first-order chi connectivity index (χ1) is 13.6. The standard InChI is InChI=1S/C22H23FN2O4/c1-13-18(20(26)27)17(11-24-19(13)14-5-7-16(23)8-6-14)15-9-10-25(12-15)21(28)29-22(2,3)4/h5-9,11H,10,12H2,1-4H3,(H,26,27). The zero-order valence-electron chi connectivity index (χ0n) is 16.8. The number of aromatic carboxylic acids is 1. The summed E-state index contributed by atoms with van der Waals surface area (Å²) < 4.78 is 18.6. The maximum absolute atomic E-state index is 13.2.